The van der Waals surface area contributed by atoms with E-state index >= 15 is 0 Å². The highest BCUT2D eigenvalue weighted by Crippen LogP contribution is 2.31. The summed E-state index contributed by atoms with van der Waals surface area (Å²) in [6.45, 7) is 1.37. The molecule has 3 aromatic rings. The minimum atomic E-state index is -1.04. The van der Waals surface area contributed by atoms with Crippen LogP contribution in [0.5, 0.6) is 11.5 Å². The number of hydrogen-bond acceptors (Lipinski definition) is 7. The number of imide groups is 1. The highest BCUT2D eigenvalue weighted by Gasteiger charge is 2.45. The Bertz CT molecular complexity index is 1290. The summed E-state index contributed by atoms with van der Waals surface area (Å²) in [6.07, 6.45) is 1.28. The van der Waals surface area contributed by atoms with E-state index in [4.69, 9.17) is 13.9 Å². The van der Waals surface area contributed by atoms with Crippen LogP contribution in [0.1, 0.15) is 29.5 Å². The van der Waals surface area contributed by atoms with Gasteiger partial charge in [-0.2, -0.15) is 0 Å². The SMILES string of the molecule is COc1ccc(C(=O)N(Cc2ccco2)C2CC(=O)N(c3ccc(NC(C)=O)cc3)C2=O)cc1OC. The summed E-state index contributed by atoms with van der Waals surface area (Å²) in [5.74, 6) is -0.417. The predicted molar refractivity (Wildman–Crippen MR) is 130 cm³/mol. The second-order valence-electron chi connectivity index (χ2n) is 8.10. The summed E-state index contributed by atoms with van der Waals surface area (Å²) in [4.78, 5) is 53.7. The fourth-order valence-electron chi connectivity index (χ4n) is 4.06. The maximum Gasteiger partial charge on any atom is 0.257 e. The van der Waals surface area contributed by atoms with Crippen molar-refractivity contribution in [3.05, 3.63) is 72.2 Å². The van der Waals surface area contributed by atoms with Crippen LogP contribution in [0.3, 0.4) is 0 Å². The van der Waals surface area contributed by atoms with Crippen LogP contribution in [0.15, 0.2) is 65.3 Å². The zero-order chi connectivity index (χ0) is 25.8. The summed E-state index contributed by atoms with van der Waals surface area (Å²) < 4.78 is 16.0. The molecule has 1 N–H and O–H groups in total. The lowest BCUT2D eigenvalue weighted by atomic mass is 10.1. The predicted octanol–water partition coefficient (Wildman–Crippen LogP) is 3.23. The van der Waals surface area contributed by atoms with Gasteiger partial charge in [-0.15, -0.1) is 0 Å². The van der Waals surface area contributed by atoms with Crippen molar-refractivity contribution >= 4 is 35.0 Å². The third kappa shape index (κ3) is 4.92. The first-order valence-corrected chi connectivity index (χ1v) is 11.1. The zero-order valence-corrected chi connectivity index (χ0v) is 20.0. The third-order valence-electron chi connectivity index (χ3n) is 5.74. The van der Waals surface area contributed by atoms with Crippen LogP contribution in [-0.4, -0.2) is 48.8 Å². The fourth-order valence-corrected chi connectivity index (χ4v) is 4.06. The van der Waals surface area contributed by atoms with E-state index in [0.717, 1.165) is 4.90 Å². The van der Waals surface area contributed by atoms with Gasteiger partial charge in [-0.3, -0.25) is 19.2 Å². The largest absolute Gasteiger partial charge is 0.493 e. The van der Waals surface area contributed by atoms with Crippen LogP contribution in [0.4, 0.5) is 11.4 Å². The Morgan fingerprint density at radius 1 is 1.06 bits per heavy atom. The summed E-state index contributed by atoms with van der Waals surface area (Å²) in [6, 6.07) is 13.3. The van der Waals surface area contributed by atoms with E-state index in [1.807, 2.05) is 0 Å². The van der Waals surface area contributed by atoms with Gasteiger partial charge in [0.25, 0.3) is 11.8 Å². The van der Waals surface area contributed by atoms with Gasteiger partial charge < -0.3 is 24.1 Å². The van der Waals surface area contributed by atoms with Gasteiger partial charge >= 0.3 is 0 Å². The van der Waals surface area contributed by atoms with Gasteiger partial charge in [-0.05, 0) is 54.6 Å². The van der Waals surface area contributed by atoms with E-state index in [9.17, 15) is 19.2 Å². The Morgan fingerprint density at radius 2 is 1.78 bits per heavy atom. The number of hydrogen-bond donors (Lipinski definition) is 1. The Morgan fingerprint density at radius 3 is 2.39 bits per heavy atom. The molecule has 0 spiro atoms. The maximum absolute atomic E-state index is 13.6. The third-order valence-corrected chi connectivity index (χ3v) is 5.74. The highest BCUT2D eigenvalue weighted by atomic mass is 16.5. The summed E-state index contributed by atoms with van der Waals surface area (Å²) in [7, 11) is 2.95. The Labute approximate surface area is 207 Å². The number of nitrogens with one attached hydrogen (secondary N) is 1. The molecule has 1 unspecified atom stereocenters. The summed E-state index contributed by atoms with van der Waals surface area (Å²) in [5, 5.41) is 2.64. The number of rotatable bonds is 8. The molecule has 186 valence electrons. The molecule has 0 aliphatic carbocycles. The van der Waals surface area contributed by atoms with Crippen molar-refractivity contribution in [2.24, 2.45) is 0 Å². The molecule has 4 rings (SSSR count). The standard InChI is InChI=1S/C26H25N3O7/c1-16(30)27-18-7-9-19(10-8-18)29-24(31)14-21(26(29)33)28(15-20-5-4-12-36-20)25(32)17-6-11-22(34-2)23(13-17)35-3/h4-13,21H,14-15H2,1-3H3,(H,27,30). The molecule has 10 nitrogen and oxygen atoms in total. The van der Waals surface area contributed by atoms with Gasteiger partial charge in [-0.25, -0.2) is 4.90 Å². The highest BCUT2D eigenvalue weighted by molar-refractivity contribution is 6.23. The number of furan rings is 1. The first-order valence-electron chi connectivity index (χ1n) is 11.1. The van der Waals surface area contributed by atoms with E-state index in [-0.39, 0.29) is 24.4 Å². The van der Waals surface area contributed by atoms with Gasteiger partial charge in [0.2, 0.25) is 11.8 Å². The molecule has 10 heteroatoms. The molecule has 36 heavy (non-hydrogen) atoms. The van der Waals surface area contributed by atoms with Gasteiger partial charge in [0, 0.05) is 18.2 Å². The molecule has 0 bridgehead atoms. The number of methoxy groups -OCH3 is 2. The number of ether oxygens (including phenoxy) is 2. The summed E-state index contributed by atoms with van der Waals surface area (Å²) >= 11 is 0. The first kappa shape index (κ1) is 24.5. The van der Waals surface area contributed by atoms with Crippen LogP contribution in [0.2, 0.25) is 0 Å². The van der Waals surface area contributed by atoms with Gasteiger partial charge in [0.15, 0.2) is 11.5 Å². The lowest BCUT2D eigenvalue weighted by molar-refractivity contribution is -0.122. The van der Waals surface area contributed by atoms with Crippen molar-refractivity contribution in [3.63, 3.8) is 0 Å². The van der Waals surface area contributed by atoms with E-state index in [2.05, 4.69) is 5.32 Å². The molecule has 1 aromatic heterocycles. The Balaban J connectivity index is 1.65. The van der Waals surface area contributed by atoms with E-state index in [1.165, 1.54) is 38.4 Å². The maximum atomic E-state index is 13.6. The number of anilines is 2. The Hall–Kier alpha value is -4.60. The molecule has 0 radical (unpaired) electrons. The molecular formula is C26H25N3O7. The van der Waals surface area contributed by atoms with Crippen molar-refractivity contribution in [2.45, 2.75) is 25.9 Å². The number of amides is 4. The average Bonchev–Trinajstić information content (AvgIpc) is 3.49. The van der Waals surface area contributed by atoms with Crippen LogP contribution < -0.4 is 19.7 Å². The van der Waals surface area contributed by atoms with Crippen LogP contribution in [-0.2, 0) is 20.9 Å². The molecule has 0 saturated carbocycles. The van der Waals surface area contributed by atoms with Crippen molar-refractivity contribution < 1.29 is 33.1 Å². The van der Waals surface area contributed by atoms with Gasteiger partial charge in [0.1, 0.15) is 11.8 Å². The topological polar surface area (TPSA) is 118 Å². The number of carbonyl (C=O) groups excluding carboxylic acids is 4. The van der Waals surface area contributed by atoms with Crippen LogP contribution in [0, 0.1) is 0 Å². The first-order chi connectivity index (χ1) is 17.3. The van der Waals surface area contributed by atoms with E-state index in [1.54, 1.807) is 48.5 Å². The van der Waals surface area contributed by atoms with Gasteiger partial charge in [0.05, 0.1) is 39.1 Å². The molecule has 2 heterocycles. The fraction of sp³-hybridized carbons (Fsp3) is 0.231. The van der Waals surface area contributed by atoms with Crippen molar-refractivity contribution in [3.8, 4) is 11.5 Å². The molecule has 1 saturated heterocycles. The monoisotopic (exact) mass is 491 g/mol. The molecule has 2 aromatic carbocycles. The minimum Gasteiger partial charge on any atom is -0.493 e. The Kier molecular flexibility index (Phi) is 7.05. The van der Waals surface area contributed by atoms with E-state index < -0.39 is 23.8 Å². The number of nitrogens with zero attached hydrogens (tertiary/aromatic N) is 2. The van der Waals surface area contributed by atoms with Crippen LogP contribution in [0.25, 0.3) is 0 Å². The normalized spacial score (nSPS) is 15.1. The molecule has 1 aliphatic rings. The molecule has 1 fully saturated rings. The summed E-state index contributed by atoms with van der Waals surface area (Å²) in [5.41, 5.74) is 1.14. The minimum absolute atomic E-state index is 0.0147. The molecule has 1 aliphatic heterocycles. The zero-order valence-electron chi connectivity index (χ0n) is 20.0. The molecule has 4 amide bonds. The van der Waals surface area contributed by atoms with Gasteiger partial charge in [-0.1, -0.05) is 0 Å². The lowest BCUT2D eigenvalue weighted by Crippen LogP contribution is -2.45. The number of carbonyl (C=O) groups is 4. The molecular weight excluding hydrogens is 466 g/mol. The van der Waals surface area contributed by atoms with Crippen molar-refractivity contribution in [1.82, 2.24) is 4.90 Å². The van der Waals surface area contributed by atoms with E-state index in [0.29, 0.717) is 28.6 Å². The number of benzene rings is 2. The second kappa shape index (κ2) is 10.3. The average molecular weight is 492 g/mol. The van der Waals surface area contributed by atoms with Crippen LogP contribution >= 0.6 is 0 Å². The molecule has 1 atom stereocenters. The smallest absolute Gasteiger partial charge is 0.257 e. The van der Waals surface area contributed by atoms with Crippen molar-refractivity contribution in [1.29, 1.82) is 0 Å². The van der Waals surface area contributed by atoms with Crippen molar-refractivity contribution in [2.75, 3.05) is 24.4 Å². The lowest BCUT2D eigenvalue weighted by Gasteiger charge is -2.27. The second-order valence-corrected chi connectivity index (χ2v) is 8.10. The quantitative estimate of drug-likeness (QED) is 0.481.